The summed E-state index contributed by atoms with van der Waals surface area (Å²) >= 11 is 6.24. The number of aromatic nitrogens is 2. The van der Waals surface area contributed by atoms with Crippen LogP contribution in [-0.4, -0.2) is 41.4 Å². The molecule has 0 saturated carbocycles. The van der Waals surface area contributed by atoms with Crippen LogP contribution in [0.1, 0.15) is 35.7 Å². The molecule has 1 saturated heterocycles. The second-order valence-corrected chi connectivity index (χ2v) is 8.86. The number of hydrogen-bond acceptors (Lipinski definition) is 6. The van der Waals surface area contributed by atoms with Gasteiger partial charge in [-0.3, -0.25) is 9.59 Å². The van der Waals surface area contributed by atoms with Gasteiger partial charge < -0.3 is 15.0 Å². The monoisotopic (exact) mass is 494 g/mol. The number of carbonyl (C=O) groups excluding carboxylic acids is 2. The van der Waals surface area contributed by atoms with E-state index in [2.05, 4.69) is 10.4 Å². The van der Waals surface area contributed by atoms with Crippen molar-refractivity contribution in [3.8, 4) is 5.69 Å². The predicted octanol–water partition coefficient (Wildman–Crippen LogP) is 4.23. The van der Waals surface area contributed by atoms with Gasteiger partial charge in [-0.25, -0.2) is 4.79 Å². The van der Waals surface area contributed by atoms with Crippen LogP contribution in [0.3, 0.4) is 0 Å². The number of piperidine rings is 1. The fourth-order valence-corrected chi connectivity index (χ4v) is 4.23. The van der Waals surface area contributed by atoms with Crippen molar-refractivity contribution in [2.45, 2.75) is 26.7 Å². The highest BCUT2D eigenvalue weighted by atomic mass is 35.5. The van der Waals surface area contributed by atoms with Crippen LogP contribution in [0.4, 0.5) is 11.5 Å². The van der Waals surface area contributed by atoms with Crippen molar-refractivity contribution in [1.82, 2.24) is 9.78 Å². The first-order valence-electron chi connectivity index (χ1n) is 11.6. The molecule has 0 bridgehead atoms. The smallest absolute Gasteiger partial charge is 0.338 e. The zero-order valence-electron chi connectivity index (χ0n) is 19.7. The van der Waals surface area contributed by atoms with Gasteiger partial charge in [-0.1, -0.05) is 23.7 Å². The molecule has 3 aromatic rings. The third-order valence-corrected chi connectivity index (χ3v) is 6.35. The van der Waals surface area contributed by atoms with Gasteiger partial charge in [-0.2, -0.15) is 4.68 Å². The molecule has 9 heteroatoms. The predicted molar refractivity (Wildman–Crippen MR) is 136 cm³/mol. The van der Waals surface area contributed by atoms with E-state index < -0.39 is 5.97 Å². The minimum absolute atomic E-state index is 0.130. The summed E-state index contributed by atoms with van der Waals surface area (Å²) in [5.74, 6) is -0.216. The lowest BCUT2D eigenvalue weighted by atomic mass is 9.97. The molecule has 1 aliphatic rings. The molecule has 1 fully saturated rings. The summed E-state index contributed by atoms with van der Waals surface area (Å²) in [6.07, 6.45) is 1.53. The highest BCUT2D eigenvalue weighted by molar-refractivity contribution is 6.31. The first-order valence-corrected chi connectivity index (χ1v) is 11.9. The number of benzene rings is 2. The van der Waals surface area contributed by atoms with Crippen molar-refractivity contribution in [3.63, 3.8) is 0 Å². The standard InChI is InChI=1S/C26H27ClN4O4/c1-3-35-26(34)18-6-4-8-20(14-18)28-25(33)19-7-5-13-30(16-19)23-11-12-24(32)31(29-23)21-10-9-17(2)22(27)15-21/h4,6,8-12,14-15,19H,3,5,7,13,16H2,1-2H3,(H,28,33)/t19-/m1/s1. The molecule has 0 radical (unpaired) electrons. The van der Waals surface area contributed by atoms with Gasteiger partial charge in [0.05, 0.1) is 23.8 Å². The van der Waals surface area contributed by atoms with Crippen LogP contribution in [0.2, 0.25) is 5.02 Å². The largest absolute Gasteiger partial charge is 0.462 e. The summed E-state index contributed by atoms with van der Waals surface area (Å²) in [4.78, 5) is 39.5. The molecule has 35 heavy (non-hydrogen) atoms. The highest BCUT2D eigenvalue weighted by Gasteiger charge is 2.27. The van der Waals surface area contributed by atoms with E-state index >= 15 is 0 Å². The third kappa shape index (κ3) is 5.71. The van der Waals surface area contributed by atoms with E-state index in [1.807, 2.05) is 17.9 Å². The minimum atomic E-state index is -0.427. The molecule has 1 atom stereocenters. The highest BCUT2D eigenvalue weighted by Crippen LogP contribution is 2.24. The Morgan fingerprint density at radius 1 is 1.17 bits per heavy atom. The van der Waals surface area contributed by atoms with Crippen LogP contribution in [0.5, 0.6) is 0 Å². The lowest BCUT2D eigenvalue weighted by molar-refractivity contribution is -0.120. The van der Waals surface area contributed by atoms with Crippen LogP contribution >= 0.6 is 11.6 Å². The van der Waals surface area contributed by atoms with Crippen molar-refractivity contribution < 1.29 is 14.3 Å². The molecule has 2 heterocycles. The maximum atomic E-state index is 13.0. The van der Waals surface area contributed by atoms with Gasteiger partial charge in [0.2, 0.25) is 5.91 Å². The number of carbonyl (C=O) groups is 2. The SMILES string of the molecule is CCOC(=O)c1cccc(NC(=O)[C@@H]2CCCN(c3ccc(=O)n(-c4ccc(C)c(Cl)c4)n3)C2)c1. The second kappa shape index (κ2) is 10.7. The van der Waals surface area contributed by atoms with Gasteiger partial charge in [0.15, 0.2) is 0 Å². The van der Waals surface area contributed by atoms with E-state index in [-0.39, 0.29) is 24.0 Å². The van der Waals surface area contributed by atoms with Crippen LogP contribution < -0.4 is 15.8 Å². The van der Waals surface area contributed by atoms with Crippen molar-refractivity contribution in [2.24, 2.45) is 5.92 Å². The molecule has 1 amide bonds. The summed E-state index contributed by atoms with van der Waals surface area (Å²) in [7, 11) is 0. The molecule has 1 aromatic heterocycles. The summed E-state index contributed by atoms with van der Waals surface area (Å²) in [6.45, 7) is 5.11. The molecule has 0 spiro atoms. The van der Waals surface area contributed by atoms with E-state index in [1.165, 1.54) is 10.7 Å². The molecule has 0 aliphatic carbocycles. The van der Waals surface area contributed by atoms with E-state index in [1.54, 1.807) is 49.4 Å². The fourth-order valence-electron chi connectivity index (χ4n) is 4.05. The normalized spacial score (nSPS) is 15.5. The Balaban J connectivity index is 1.49. The Hall–Kier alpha value is -3.65. The Labute approximate surface area is 208 Å². The molecule has 2 aromatic carbocycles. The van der Waals surface area contributed by atoms with Gasteiger partial charge in [-0.05, 0) is 68.7 Å². The van der Waals surface area contributed by atoms with E-state index in [9.17, 15) is 14.4 Å². The van der Waals surface area contributed by atoms with Crippen molar-refractivity contribution >= 4 is 35.0 Å². The van der Waals surface area contributed by atoms with Crippen LogP contribution in [-0.2, 0) is 9.53 Å². The molecular formula is C26H27ClN4O4. The first kappa shape index (κ1) is 24.5. The van der Waals surface area contributed by atoms with Gasteiger partial charge in [0, 0.05) is 29.9 Å². The lowest BCUT2D eigenvalue weighted by Crippen LogP contribution is -2.41. The Kier molecular flexibility index (Phi) is 7.51. The molecule has 182 valence electrons. The first-order chi connectivity index (χ1) is 16.9. The average molecular weight is 495 g/mol. The second-order valence-electron chi connectivity index (χ2n) is 8.45. The Morgan fingerprint density at radius 3 is 2.77 bits per heavy atom. The molecule has 4 rings (SSSR count). The molecule has 8 nitrogen and oxygen atoms in total. The van der Waals surface area contributed by atoms with Gasteiger partial charge >= 0.3 is 5.97 Å². The number of halogens is 1. The Morgan fingerprint density at radius 2 is 2.00 bits per heavy atom. The van der Waals surface area contributed by atoms with Crippen LogP contribution in [0.15, 0.2) is 59.4 Å². The molecule has 1 aliphatic heterocycles. The topological polar surface area (TPSA) is 93.5 Å². The minimum Gasteiger partial charge on any atom is -0.462 e. The molecule has 0 unspecified atom stereocenters. The zero-order chi connectivity index (χ0) is 24.9. The average Bonchev–Trinajstić information content (AvgIpc) is 2.86. The number of esters is 1. The third-order valence-electron chi connectivity index (χ3n) is 5.94. The van der Waals surface area contributed by atoms with Crippen molar-refractivity contribution in [2.75, 3.05) is 29.9 Å². The fraction of sp³-hybridized carbons (Fsp3) is 0.308. The number of hydrogen-bond donors (Lipinski definition) is 1. The number of rotatable bonds is 6. The summed E-state index contributed by atoms with van der Waals surface area (Å²) in [5, 5.41) is 8.03. The number of amides is 1. The van der Waals surface area contributed by atoms with Crippen molar-refractivity contribution in [1.29, 1.82) is 0 Å². The maximum absolute atomic E-state index is 13.0. The van der Waals surface area contributed by atoms with Crippen molar-refractivity contribution in [3.05, 3.63) is 81.1 Å². The van der Waals surface area contributed by atoms with E-state index in [0.29, 0.717) is 34.3 Å². The number of ether oxygens (including phenoxy) is 1. The van der Waals surface area contributed by atoms with E-state index in [0.717, 1.165) is 24.9 Å². The summed E-state index contributed by atoms with van der Waals surface area (Å²) in [5.41, 5.74) is 2.16. The van der Waals surface area contributed by atoms with Gasteiger partial charge in [0.1, 0.15) is 5.82 Å². The zero-order valence-corrected chi connectivity index (χ0v) is 20.4. The van der Waals surface area contributed by atoms with Gasteiger partial charge in [0.25, 0.3) is 5.56 Å². The van der Waals surface area contributed by atoms with Crippen LogP contribution in [0.25, 0.3) is 5.69 Å². The summed E-state index contributed by atoms with van der Waals surface area (Å²) in [6, 6.07) is 15.2. The molecular weight excluding hydrogens is 468 g/mol. The number of nitrogens with one attached hydrogen (secondary N) is 1. The Bertz CT molecular complexity index is 1310. The number of nitrogens with zero attached hydrogens (tertiary/aromatic N) is 3. The lowest BCUT2D eigenvalue weighted by Gasteiger charge is -2.33. The maximum Gasteiger partial charge on any atom is 0.338 e. The number of anilines is 2. The quantitative estimate of drug-likeness (QED) is 0.515. The number of aryl methyl sites for hydroxylation is 1. The molecule has 1 N–H and O–H groups in total. The van der Waals surface area contributed by atoms with Crippen LogP contribution in [0, 0.1) is 12.8 Å². The van der Waals surface area contributed by atoms with E-state index in [4.69, 9.17) is 16.3 Å². The summed E-state index contributed by atoms with van der Waals surface area (Å²) < 4.78 is 6.36. The van der Waals surface area contributed by atoms with Gasteiger partial charge in [-0.15, -0.1) is 5.10 Å².